The molecule has 4 rings (SSSR count). The molecule has 2 heterocycles. The van der Waals surface area contributed by atoms with Gasteiger partial charge in [-0.25, -0.2) is 9.78 Å². The minimum Gasteiger partial charge on any atom is -0.497 e. The van der Waals surface area contributed by atoms with Gasteiger partial charge in [-0.15, -0.1) is 0 Å². The zero-order valence-electron chi connectivity index (χ0n) is 21.0. The van der Waals surface area contributed by atoms with Crippen molar-refractivity contribution in [1.29, 1.82) is 0 Å². The number of imidazole rings is 1. The van der Waals surface area contributed by atoms with E-state index in [1.165, 1.54) is 0 Å². The Kier molecular flexibility index (Phi) is 7.55. The second kappa shape index (κ2) is 10.8. The van der Waals surface area contributed by atoms with Crippen molar-refractivity contribution in [2.75, 3.05) is 47.4 Å². The van der Waals surface area contributed by atoms with Crippen LogP contribution in [0.3, 0.4) is 0 Å². The lowest BCUT2D eigenvalue weighted by Gasteiger charge is -2.34. The van der Waals surface area contributed by atoms with E-state index in [2.05, 4.69) is 21.7 Å². The second-order valence-electron chi connectivity index (χ2n) is 8.95. The molecule has 0 unspecified atom stereocenters. The Labute approximate surface area is 206 Å². The molecule has 2 aromatic carbocycles. The Morgan fingerprint density at radius 2 is 1.86 bits per heavy atom. The van der Waals surface area contributed by atoms with Crippen LogP contribution < -0.4 is 10.1 Å². The predicted molar refractivity (Wildman–Crippen MR) is 136 cm³/mol. The van der Waals surface area contributed by atoms with Crippen molar-refractivity contribution in [3.63, 3.8) is 0 Å². The molecule has 0 radical (unpaired) electrons. The number of amides is 3. The Balaban J connectivity index is 1.35. The van der Waals surface area contributed by atoms with Crippen molar-refractivity contribution >= 4 is 23.0 Å². The van der Waals surface area contributed by atoms with Gasteiger partial charge in [-0.3, -0.25) is 9.69 Å². The number of aromatic nitrogens is 2. The maximum Gasteiger partial charge on any atom is 0.317 e. The van der Waals surface area contributed by atoms with Crippen LogP contribution in [0.25, 0.3) is 11.0 Å². The van der Waals surface area contributed by atoms with Gasteiger partial charge in [-0.2, -0.15) is 0 Å². The first-order valence-electron chi connectivity index (χ1n) is 12.0. The number of benzene rings is 2. The van der Waals surface area contributed by atoms with E-state index < -0.39 is 0 Å². The lowest BCUT2D eigenvalue weighted by molar-refractivity contribution is 0.0827. The molecule has 0 aliphatic carbocycles. The van der Waals surface area contributed by atoms with Crippen LogP contribution in [0.1, 0.15) is 28.7 Å². The average molecular weight is 479 g/mol. The van der Waals surface area contributed by atoms with Gasteiger partial charge in [0.2, 0.25) is 0 Å². The summed E-state index contributed by atoms with van der Waals surface area (Å²) in [5, 5.41) is 3.01. The molecule has 1 aromatic heterocycles. The summed E-state index contributed by atoms with van der Waals surface area (Å²) in [4.78, 5) is 35.6. The van der Waals surface area contributed by atoms with E-state index in [4.69, 9.17) is 9.72 Å². The van der Waals surface area contributed by atoms with Gasteiger partial charge in [0.05, 0.1) is 24.7 Å². The monoisotopic (exact) mass is 478 g/mol. The first-order valence-corrected chi connectivity index (χ1v) is 12.0. The van der Waals surface area contributed by atoms with Gasteiger partial charge in [-0.1, -0.05) is 12.1 Å². The molecule has 1 aliphatic heterocycles. The number of carbonyl (C=O) groups is 2. The zero-order chi connectivity index (χ0) is 24.9. The number of ether oxygens (including phenoxy) is 1. The molecule has 0 atom stereocenters. The van der Waals surface area contributed by atoms with Gasteiger partial charge in [0, 0.05) is 58.9 Å². The van der Waals surface area contributed by atoms with Crippen molar-refractivity contribution in [3.8, 4) is 5.75 Å². The molecule has 186 valence electrons. The fourth-order valence-electron chi connectivity index (χ4n) is 4.43. The number of carbonyl (C=O) groups excluding carboxylic acids is 2. The number of rotatable bonds is 7. The lowest BCUT2D eigenvalue weighted by atomic mass is 10.2. The number of hydrogen-bond acceptors (Lipinski definition) is 5. The fourth-order valence-corrected chi connectivity index (χ4v) is 4.43. The van der Waals surface area contributed by atoms with Crippen LogP contribution in [0.2, 0.25) is 0 Å². The van der Waals surface area contributed by atoms with E-state index in [9.17, 15) is 9.59 Å². The third kappa shape index (κ3) is 5.57. The summed E-state index contributed by atoms with van der Waals surface area (Å²) in [6.45, 7) is 6.98. The molecule has 0 spiro atoms. The van der Waals surface area contributed by atoms with E-state index in [1.54, 1.807) is 26.1 Å². The van der Waals surface area contributed by atoms with Crippen molar-refractivity contribution < 1.29 is 14.3 Å². The summed E-state index contributed by atoms with van der Waals surface area (Å²) in [7, 11) is 5.14. The SMILES string of the molecule is CCn1c(CN2CCN(C(=O)NCc3cccc(OC)c3)CC2)nc2cc(C(=O)N(C)C)ccc21. The lowest BCUT2D eigenvalue weighted by Crippen LogP contribution is -2.51. The van der Waals surface area contributed by atoms with Crippen LogP contribution in [0, 0.1) is 0 Å². The summed E-state index contributed by atoms with van der Waals surface area (Å²) in [5.74, 6) is 1.73. The molecule has 3 aromatic rings. The molecule has 35 heavy (non-hydrogen) atoms. The summed E-state index contributed by atoms with van der Waals surface area (Å²) in [5.41, 5.74) is 3.52. The number of piperazine rings is 1. The minimum atomic E-state index is -0.0497. The van der Waals surface area contributed by atoms with Crippen molar-refractivity contribution in [2.24, 2.45) is 0 Å². The van der Waals surface area contributed by atoms with Crippen molar-refractivity contribution in [1.82, 2.24) is 29.6 Å². The summed E-state index contributed by atoms with van der Waals surface area (Å²) in [6, 6.07) is 13.4. The Bertz CT molecular complexity index is 1200. The number of methoxy groups -OCH3 is 1. The van der Waals surface area contributed by atoms with E-state index in [0.717, 1.165) is 47.8 Å². The van der Waals surface area contributed by atoms with Crippen LogP contribution >= 0.6 is 0 Å². The minimum absolute atomic E-state index is 0.0275. The van der Waals surface area contributed by atoms with Gasteiger partial charge < -0.3 is 24.4 Å². The maximum atomic E-state index is 12.7. The molecule has 0 saturated carbocycles. The van der Waals surface area contributed by atoms with E-state index >= 15 is 0 Å². The molecule has 0 bridgehead atoms. The quantitative estimate of drug-likeness (QED) is 0.565. The molecule has 9 nitrogen and oxygen atoms in total. The molecule has 1 aliphatic rings. The normalized spacial score (nSPS) is 14.2. The van der Waals surface area contributed by atoms with Crippen molar-refractivity contribution in [3.05, 3.63) is 59.4 Å². The largest absolute Gasteiger partial charge is 0.497 e. The highest BCUT2D eigenvalue weighted by molar-refractivity contribution is 5.97. The maximum absolute atomic E-state index is 12.7. The zero-order valence-corrected chi connectivity index (χ0v) is 21.0. The van der Waals surface area contributed by atoms with Gasteiger partial charge in [0.15, 0.2) is 0 Å². The topological polar surface area (TPSA) is 82.9 Å². The van der Waals surface area contributed by atoms with Gasteiger partial charge >= 0.3 is 6.03 Å². The number of fused-ring (bicyclic) bond motifs is 1. The summed E-state index contributed by atoms with van der Waals surface area (Å²) in [6.07, 6.45) is 0. The predicted octanol–water partition coefficient (Wildman–Crippen LogP) is 2.79. The van der Waals surface area contributed by atoms with Crippen LogP contribution in [-0.2, 0) is 19.6 Å². The third-order valence-electron chi connectivity index (χ3n) is 6.40. The van der Waals surface area contributed by atoms with Crippen molar-refractivity contribution in [2.45, 2.75) is 26.6 Å². The summed E-state index contributed by atoms with van der Waals surface area (Å²) >= 11 is 0. The average Bonchev–Trinajstić information content (AvgIpc) is 3.23. The third-order valence-corrected chi connectivity index (χ3v) is 6.40. The number of nitrogens with zero attached hydrogens (tertiary/aromatic N) is 5. The van der Waals surface area contributed by atoms with Crippen LogP contribution in [0.5, 0.6) is 5.75 Å². The van der Waals surface area contributed by atoms with Gasteiger partial charge in [0.25, 0.3) is 5.91 Å². The van der Waals surface area contributed by atoms with E-state index in [1.807, 2.05) is 47.4 Å². The molecule has 9 heteroatoms. The number of urea groups is 1. The molecular formula is C26H34N6O3. The first kappa shape index (κ1) is 24.5. The Morgan fingerprint density at radius 1 is 1.09 bits per heavy atom. The molecular weight excluding hydrogens is 444 g/mol. The van der Waals surface area contributed by atoms with Crippen LogP contribution in [-0.4, -0.2) is 83.6 Å². The number of nitrogens with one attached hydrogen (secondary N) is 1. The Morgan fingerprint density at radius 3 is 2.54 bits per heavy atom. The Hall–Kier alpha value is -3.59. The molecule has 3 amide bonds. The smallest absolute Gasteiger partial charge is 0.317 e. The molecule has 1 saturated heterocycles. The second-order valence-corrected chi connectivity index (χ2v) is 8.95. The summed E-state index contributed by atoms with van der Waals surface area (Å²) < 4.78 is 7.45. The van der Waals surface area contributed by atoms with E-state index in [0.29, 0.717) is 31.7 Å². The first-order chi connectivity index (χ1) is 16.9. The standard InChI is InChI=1S/C26H34N6O3/c1-5-32-23-10-9-20(25(33)29(2)3)16-22(23)28-24(32)18-30-11-13-31(14-12-30)26(34)27-17-19-7-6-8-21(15-19)35-4/h6-10,15-16H,5,11-14,17-18H2,1-4H3,(H,27,34). The van der Waals surface area contributed by atoms with Crippen LogP contribution in [0.4, 0.5) is 4.79 Å². The van der Waals surface area contributed by atoms with Crippen LogP contribution in [0.15, 0.2) is 42.5 Å². The molecule has 1 N–H and O–H groups in total. The number of aryl methyl sites for hydroxylation is 1. The highest BCUT2D eigenvalue weighted by Crippen LogP contribution is 2.20. The highest BCUT2D eigenvalue weighted by atomic mass is 16.5. The van der Waals surface area contributed by atoms with E-state index in [-0.39, 0.29) is 11.9 Å². The van der Waals surface area contributed by atoms with Gasteiger partial charge in [-0.05, 0) is 42.8 Å². The van der Waals surface area contributed by atoms with Gasteiger partial charge in [0.1, 0.15) is 11.6 Å². The fraction of sp³-hybridized carbons (Fsp3) is 0.423. The molecule has 1 fully saturated rings. The number of hydrogen-bond donors (Lipinski definition) is 1. The highest BCUT2D eigenvalue weighted by Gasteiger charge is 2.23.